The Morgan fingerprint density at radius 2 is 2.03 bits per heavy atom. The molecule has 2 atom stereocenters. The van der Waals surface area contributed by atoms with E-state index in [0.29, 0.717) is 28.1 Å². The average molecular weight is 453 g/mol. The van der Waals surface area contributed by atoms with Gasteiger partial charge in [-0.1, -0.05) is 18.2 Å². The van der Waals surface area contributed by atoms with Crippen LogP contribution in [0.4, 0.5) is 0 Å². The van der Waals surface area contributed by atoms with Crippen LogP contribution in [-0.2, 0) is 16.0 Å². The Hall–Kier alpha value is -3.72. The molecule has 9 heteroatoms. The van der Waals surface area contributed by atoms with Crippen molar-refractivity contribution in [1.82, 2.24) is 5.32 Å². The minimum Gasteiger partial charge on any atom is -0.618 e. The molecule has 32 heavy (non-hydrogen) atoms. The highest BCUT2D eigenvalue weighted by atomic mass is 32.1. The standard InChI is InChI=1S/C23H24N4O4S/c1-14(18(23(29)31-2)11-15-6-5-7-16(10-15)21(24)25)26-22(28)20-12-17(13-32-20)19-8-3-4-9-27(19)30/h3-10,12-14,18H,11H2,1-2H3,(H3,24,25)(H,26,28)/t14?,18-/m0/s1. The molecule has 0 aliphatic rings. The van der Waals surface area contributed by atoms with E-state index < -0.39 is 17.9 Å². The van der Waals surface area contributed by atoms with Crippen LogP contribution in [0, 0.1) is 16.5 Å². The number of esters is 1. The Morgan fingerprint density at radius 3 is 2.72 bits per heavy atom. The largest absolute Gasteiger partial charge is 0.618 e. The lowest BCUT2D eigenvalue weighted by atomic mass is 9.92. The maximum absolute atomic E-state index is 12.8. The molecule has 0 bridgehead atoms. The fraction of sp³-hybridized carbons (Fsp3) is 0.217. The number of methoxy groups -OCH3 is 1. The Labute approximate surface area is 189 Å². The third-order valence-electron chi connectivity index (χ3n) is 5.10. The predicted molar refractivity (Wildman–Crippen MR) is 122 cm³/mol. The first-order chi connectivity index (χ1) is 15.3. The number of nitrogens with one attached hydrogen (secondary N) is 2. The summed E-state index contributed by atoms with van der Waals surface area (Å²) in [6.07, 6.45) is 1.71. The van der Waals surface area contributed by atoms with Crippen molar-refractivity contribution in [3.05, 3.63) is 81.3 Å². The van der Waals surface area contributed by atoms with Crippen molar-refractivity contribution in [3.63, 3.8) is 0 Å². The van der Waals surface area contributed by atoms with Gasteiger partial charge in [0.2, 0.25) is 5.69 Å². The van der Waals surface area contributed by atoms with Gasteiger partial charge in [-0.05, 0) is 37.1 Å². The SMILES string of the molecule is COC(=O)[C@@H](Cc1cccc(C(=N)N)c1)C(C)NC(=O)c1cc(-c2cccc[n+]2[O-])cs1. The van der Waals surface area contributed by atoms with Crippen LogP contribution in [0.1, 0.15) is 27.7 Å². The van der Waals surface area contributed by atoms with E-state index in [1.54, 1.807) is 54.8 Å². The Bertz CT molecular complexity index is 1140. The van der Waals surface area contributed by atoms with Gasteiger partial charge in [-0.15, -0.1) is 11.3 Å². The van der Waals surface area contributed by atoms with E-state index in [0.717, 1.165) is 10.3 Å². The second kappa shape index (κ2) is 10.1. The van der Waals surface area contributed by atoms with E-state index in [1.807, 2.05) is 6.07 Å². The van der Waals surface area contributed by atoms with Crippen LogP contribution >= 0.6 is 11.3 Å². The van der Waals surface area contributed by atoms with Gasteiger partial charge < -0.3 is 21.0 Å². The number of nitrogens with two attached hydrogens (primary N) is 1. The third kappa shape index (κ3) is 5.30. The molecule has 1 unspecified atom stereocenters. The number of hydrogen-bond acceptors (Lipinski definition) is 6. The second-order valence-electron chi connectivity index (χ2n) is 7.32. The number of carbonyl (C=O) groups is 2. The zero-order valence-corrected chi connectivity index (χ0v) is 18.5. The average Bonchev–Trinajstić information content (AvgIpc) is 3.27. The summed E-state index contributed by atoms with van der Waals surface area (Å²) in [7, 11) is 1.31. The van der Waals surface area contributed by atoms with Gasteiger partial charge in [-0.3, -0.25) is 15.0 Å². The molecular weight excluding hydrogens is 428 g/mol. The predicted octanol–water partition coefficient (Wildman–Crippen LogP) is 2.48. The molecule has 0 saturated heterocycles. The number of carbonyl (C=O) groups excluding carboxylic acids is 2. The number of thiophene rings is 1. The molecule has 0 spiro atoms. The Kier molecular flexibility index (Phi) is 7.21. The maximum Gasteiger partial charge on any atom is 0.311 e. The highest BCUT2D eigenvalue weighted by Gasteiger charge is 2.28. The lowest BCUT2D eigenvalue weighted by molar-refractivity contribution is -0.593. The van der Waals surface area contributed by atoms with Crippen molar-refractivity contribution in [2.75, 3.05) is 7.11 Å². The summed E-state index contributed by atoms with van der Waals surface area (Å²) in [5, 5.41) is 24.2. The minimum atomic E-state index is -0.636. The molecule has 0 radical (unpaired) electrons. The van der Waals surface area contributed by atoms with Gasteiger partial charge in [0.1, 0.15) is 5.84 Å². The lowest BCUT2D eigenvalue weighted by Crippen LogP contribution is -2.42. The number of amidine groups is 1. The van der Waals surface area contributed by atoms with E-state index in [1.165, 1.54) is 24.6 Å². The summed E-state index contributed by atoms with van der Waals surface area (Å²) < 4.78 is 5.70. The quantitative estimate of drug-likeness (QED) is 0.159. The van der Waals surface area contributed by atoms with E-state index >= 15 is 0 Å². The van der Waals surface area contributed by atoms with Gasteiger partial charge in [-0.25, -0.2) is 0 Å². The number of amides is 1. The van der Waals surface area contributed by atoms with Crippen LogP contribution in [0.2, 0.25) is 0 Å². The first-order valence-electron chi connectivity index (χ1n) is 9.89. The number of pyridine rings is 1. The smallest absolute Gasteiger partial charge is 0.311 e. The molecule has 0 aliphatic carbocycles. The zero-order valence-electron chi connectivity index (χ0n) is 17.7. The van der Waals surface area contributed by atoms with Gasteiger partial charge in [0.25, 0.3) is 5.91 Å². The third-order valence-corrected chi connectivity index (χ3v) is 6.03. The highest BCUT2D eigenvalue weighted by molar-refractivity contribution is 7.12. The van der Waals surface area contributed by atoms with Gasteiger partial charge in [0, 0.05) is 29.1 Å². The van der Waals surface area contributed by atoms with Crippen molar-refractivity contribution >= 4 is 29.0 Å². The van der Waals surface area contributed by atoms with Crippen molar-refractivity contribution in [3.8, 4) is 11.3 Å². The molecule has 8 nitrogen and oxygen atoms in total. The van der Waals surface area contributed by atoms with Crippen LogP contribution in [0.15, 0.2) is 60.1 Å². The van der Waals surface area contributed by atoms with E-state index in [9.17, 15) is 14.8 Å². The van der Waals surface area contributed by atoms with Crippen molar-refractivity contribution in [2.24, 2.45) is 11.7 Å². The molecular formula is C23H24N4O4S. The summed E-state index contributed by atoms with van der Waals surface area (Å²) in [6, 6.07) is 13.3. The van der Waals surface area contributed by atoms with E-state index in [-0.39, 0.29) is 11.7 Å². The number of hydrogen-bond donors (Lipinski definition) is 3. The molecule has 3 aromatic rings. The minimum absolute atomic E-state index is 0.0610. The molecule has 3 rings (SSSR count). The van der Waals surface area contributed by atoms with Crippen LogP contribution in [0.5, 0.6) is 0 Å². The number of nitrogens with zero attached hydrogens (tertiary/aromatic N) is 1. The number of aromatic nitrogens is 1. The summed E-state index contributed by atoms with van der Waals surface area (Å²) in [6.45, 7) is 1.74. The number of rotatable bonds is 8. The normalized spacial score (nSPS) is 12.6. The van der Waals surface area contributed by atoms with Crippen LogP contribution < -0.4 is 15.8 Å². The number of benzene rings is 1. The second-order valence-corrected chi connectivity index (χ2v) is 8.23. The Balaban J connectivity index is 1.75. The monoisotopic (exact) mass is 452 g/mol. The fourth-order valence-corrected chi connectivity index (χ4v) is 4.16. The molecule has 4 N–H and O–H groups in total. The van der Waals surface area contributed by atoms with Crippen molar-refractivity contribution < 1.29 is 19.1 Å². The molecule has 166 valence electrons. The summed E-state index contributed by atoms with van der Waals surface area (Å²) in [5.74, 6) is -1.49. The van der Waals surface area contributed by atoms with Crippen LogP contribution in [-0.4, -0.2) is 30.9 Å². The van der Waals surface area contributed by atoms with Crippen molar-refractivity contribution in [1.29, 1.82) is 5.41 Å². The van der Waals surface area contributed by atoms with Crippen LogP contribution in [0.3, 0.4) is 0 Å². The summed E-state index contributed by atoms with van der Waals surface area (Å²) in [5.41, 5.74) is 8.02. The van der Waals surface area contributed by atoms with Gasteiger partial charge >= 0.3 is 5.97 Å². The summed E-state index contributed by atoms with van der Waals surface area (Å²) in [4.78, 5) is 25.7. The van der Waals surface area contributed by atoms with Crippen molar-refractivity contribution in [2.45, 2.75) is 19.4 Å². The molecule has 1 aromatic carbocycles. The lowest BCUT2D eigenvalue weighted by Gasteiger charge is -2.23. The molecule has 0 saturated carbocycles. The summed E-state index contributed by atoms with van der Waals surface area (Å²) >= 11 is 1.22. The maximum atomic E-state index is 12.8. The fourth-order valence-electron chi connectivity index (χ4n) is 3.36. The zero-order chi connectivity index (χ0) is 23.3. The molecule has 1 amide bonds. The molecule has 0 fully saturated rings. The van der Waals surface area contributed by atoms with Crippen LogP contribution in [0.25, 0.3) is 11.3 Å². The number of nitrogen functional groups attached to an aromatic ring is 1. The van der Waals surface area contributed by atoms with Gasteiger partial charge in [0.05, 0.1) is 23.5 Å². The van der Waals surface area contributed by atoms with E-state index in [4.69, 9.17) is 15.9 Å². The van der Waals surface area contributed by atoms with E-state index in [2.05, 4.69) is 5.32 Å². The molecule has 2 aromatic heterocycles. The molecule has 0 aliphatic heterocycles. The topological polar surface area (TPSA) is 132 Å². The Morgan fingerprint density at radius 1 is 1.25 bits per heavy atom. The molecule has 2 heterocycles. The first-order valence-corrected chi connectivity index (χ1v) is 10.8. The highest BCUT2D eigenvalue weighted by Crippen LogP contribution is 2.24. The van der Waals surface area contributed by atoms with Gasteiger partial charge in [0.15, 0.2) is 6.20 Å². The first kappa shape index (κ1) is 23.0. The number of ether oxygens (including phenoxy) is 1. The van der Waals surface area contributed by atoms with Gasteiger partial charge in [-0.2, -0.15) is 4.73 Å².